The monoisotopic (exact) mass is 627 g/mol. The van der Waals surface area contributed by atoms with Crippen LogP contribution in [0, 0.1) is 0 Å². The van der Waals surface area contributed by atoms with E-state index in [0.29, 0.717) is 40.0 Å². The van der Waals surface area contributed by atoms with E-state index in [0.717, 1.165) is 16.7 Å². The summed E-state index contributed by atoms with van der Waals surface area (Å²) < 4.78 is 18.1. The third kappa shape index (κ3) is 6.89. The standard InChI is InChI=1S/C25H22ClN9O5S2/c1-2-38-19-11-14(3-8-18(19)39-24(37)15-4-6-16(26)7-5-15)12-29-31-23(36)20-17(13-42-25-28-9-10-41-25)35(34-30-20)22-21(27)32-40-33-22/h3-8,11-12H,2,9-10,13H2,1H3,(H2,27,32)(H,31,36)/b29-12+. The molecule has 17 heteroatoms. The molecule has 2 aromatic heterocycles. The van der Waals surface area contributed by atoms with Crippen molar-refractivity contribution in [2.24, 2.45) is 10.1 Å². The number of thioether (sulfide) groups is 2. The summed E-state index contributed by atoms with van der Waals surface area (Å²) >= 11 is 8.96. The molecule has 1 amide bonds. The number of halogens is 1. The minimum Gasteiger partial charge on any atom is -0.490 e. The Bertz CT molecular complexity index is 1660. The van der Waals surface area contributed by atoms with Gasteiger partial charge in [0.2, 0.25) is 11.6 Å². The third-order valence-corrected chi connectivity index (χ3v) is 8.01. The van der Waals surface area contributed by atoms with Gasteiger partial charge >= 0.3 is 5.97 Å². The van der Waals surface area contributed by atoms with Crippen molar-refractivity contribution in [3.63, 3.8) is 0 Å². The van der Waals surface area contributed by atoms with Crippen LogP contribution < -0.4 is 20.6 Å². The fourth-order valence-corrected chi connectivity index (χ4v) is 5.70. The Morgan fingerprint density at radius 1 is 1.24 bits per heavy atom. The van der Waals surface area contributed by atoms with E-state index >= 15 is 0 Å². The van der Waals surface area contributed by atoms with Crippen molar-refractivity contribution in [2.75, 3.05) is 24.6 Å². The highest BCUT2D eigenvalue weighted by Crippen LogP contribution is 2.30. The number of carbonyl (C=O) groups excluding carboxylic acids is 2. The van der Waals surface area contributed by atoms with Crippen LogP contribution >= 0.6 is 35.1 Å². The summed E-state index contributed by atoms with van der Waals surface area (Å²) in [5, 5.41) is 19.9. The largest absolute Gasteiger partial charge is 0.490 e. The van der Waals surface area contributed by atoms with E-state index in [1.165, 1.54) is 22.7 Å². The molecule has 2 aromatic carbocycles. The average molecular weight is 628 g/mol. The summed E-state index contributed by atoms with van der Waals surface area (Å²) in [6, 6.07) is 11.2. The lowest BCUT2D eigenvalue weighted by atomic mass is 10.2. The summed E-state index contributed by atoms with van der Waals surface area (Å²) in [6.07, 6.45) is 1.41. The number of nitrogens with two attached hydrogens (primary N) is 1. The van der Waals surface area contributed by atoms with Crippen molar-refractivity contribution in [3.8, 4) is 17.3 Å². The van der Waals surface area contributed by atoms with Crippen molar-refractivity contribution in [1.82, 2.24) is 30.7 Å². The Balaban J connectivity index is 1.30. The molecule has 0 bridgehead atoms. The van der Waals surface area contributed by atoms with Gasteiger partial charge in [-0.25, -0.2) is 14.8 Å². The van der Waals surface area contributed by atoms with Crippen LogP contribution in [0.5, 0.6) is 11.5 Å². The summed E-state index contributed by atoms with van der Waals surface area (Å²) in [6.45, 7) is 2.87. The van der Waals surface area contributed by atoms with Gasteiger partial charge in [-0.15, -0.1) is 5.10 Å². The van der Waals surface area contributed by atoms with Gasteiger partial charge in [0.05, 0.1) is 30.6 Å². The fourth-order valence-electron chi connectivity index (χ4n) is 3.57. The van der Waals surface area contributed by atoms with Crippen LogP contribution in [0.3, 0.4) is 0 Å². The van der Waals surface area contributed by atoms with E-state index in [4.69, 9.17) is 26.8 Å². The van der Waals surface area contributed by atoms with Gasteiger partial charge in [-0.2, -0.15) is 9.78 Å². The molecule has 0 spiro atoms. The van der Waals surface area contributed by atoms with Gasteiger partial charge in [-0.3, -0.25) is 9.79 Å². The van der Waals surface area contributed by atoms with Gasteiger partial charge < -0.3 is 15.2 Å². The maximum atomic E-state index is 13.1. The lowest BCUT2D eigenvalue weighted by Crippen LogP contribution is -2.20. The van der Waals surface area contributed by atoms with E-state index in [-0.39, 0.29) is 23.1 Å². The molecule has 0 radical (unpaired) electrons. The molecule has 0 aliphatic carbocycles. The number of aromatic nitrogens is 5. The molecule has 5 rings (SSSR count). The van der Waals surface area contributed by atoms with E-state index in [1.807, 2.05) is 0 Å². The molecular weight excluding hydrogens is 606 g/mol. The lowest BCUT2D eigenvalue weighted by Gasteiger charge is -2.11. The van der Waals surface area contributed by atoms with Crippen molar-refractivity contribution >= 4 is 63.4 Å². The number of hydrogen-bond acceptors (Lipinski definition) is 14. The summed E-state index contributed by atoms with van der Waals surface area (Å²) in [5.41, 5.74) is 9.63. The SMILES string of the molecule is CCOc1cc(/C=N/NC(=O)c2nnn(-c3nonc3N)c2CSC2=NCCS2)ccc1OC(=O)c1ccc(Cl)cc1. The summed E-state index contributed by atoms with van der Waals surface area (Å²) in [4.78, 5) is 30.0. The quantitative estimate of drug-likeness (QED) is 0.113. The average Bonchev–Trinajstić information content (AvgIpc) is 3.75. The number of esters is 1. The van der Waals surface area contributed by atoms with Gasteiger partial charge in [0.1, 0.15) is 4.38 Å². The minimum absolute atomic E-state index is 0.00361. The zero-order chi connectivity index (χ0) is 29.5. The normalized spacial score (nSPS) is 12.9. The number of ether oxygens (including phenoxy) is 2. The van der Waals surface area contributed by atoms with E-state index in [9.17, 15) is 9.59 Å². The van der Waals surface area contributed by atoms with Crippen LogP contribution in [0.1, 0.15) is 39.0 Å². The molecule has 0 saturated carbocycles. The number of amides is 1. The smallest absolute Gasteiger partial charge is 0.343 e. The zero-order valence-electron chi connectivity index (χ0n) is 21.9. The highest BCUT2D eigenvalue weighted by atomic mass is 35.5. The predicted molar refractivity (Wildman–Crippen MR) is 159 cm³/mol. The van der Waals surface area contributed by atoms with Gasteiger partial charge in [-0.05, 0) is 65.3 Å². The van der Waals surface area contributed by atoms with Crippen molar-refractivity contribution in [3.05, 3.63) is 70.0 Å². The molecule has 1 aliphatic heterocycles. The van der Waals surface area contributed by atoms with Crippen LogP contribution in [0.25, 0.3) is 5.82 Å². The molecule has 216 valence electrons. The Morgan fingerprint density at radius 2 is 2.07 bits per heavy atom. The fraction of sp³-hybridized carbons (Fsp3) is 0.200. The Morgan fingerprint density at radius 3 is 2.79 bits per heavy atom. The third-order valence-electron chi connectivity index (χ3n) is 5.49. The number of carbonyl (C=O) groups is 2. The first-order chi connectivity index (χ1) is 20.4. The second-order valence-corrected chi connectivity index (χ2v) is 11.0. The highest BCUT2D eigenvalue weighted by molar-refractivity contribution is 8.38. The van der Waals surface area contributed by atoms with Crippen molar-refractivity contribution in [2.45, 2.75) is 12.7 Å². The van der Waals surface area contributed by atoms with Crippen molar-refractivity contribution in [1.29, 1.82) is 0 Å². The lowest BCUT2D eigenvalue weighted by molar-refractivity contribution is 0.0728. The first kappa shape index (κ1) is 29.1. The molecule has 3 N–H and O–H groups in total. The Kier molecular flexibility index (Phi) is 9.35. The number of nitrogens with one attached hydrogen (secondary N) is 1. The maximum absolute atomic E-state index is 13.1. The zero-order valence-corrected chi connectivity index (χ0v) is 24.3. The highest BCUT2D eigenvalue weighted by Gasteiger charge is 2.25. The van der Waals surface area contributed by atoms with Gasteiger partial charge in [0.25, 0.3) is 5.91 Å². The first-order valence-corrected chi connectivity index (χ1v) is 14.7. The van der Waals surface area contributed by atoms with Gasteiger partial charge in [0.15, 0.2) is 17.2 Å². The molecule has 14 nitrogen and oxygen atoms in total. The number of anilines is 1. The summed E-state index contributed by atoms with van der Waals surface area (Å²) in [7, 11) is 0. The van der Waals surface area contributed by atoms with E-state index in [2.05, 4.69) is 40.8 Å². The minimum atomic E-state index is -0.609. The first-order valence-electron chi connectivity index (χ1n) is 12.3. The topological polar surface area (TPSA) is 185 Å². The number of nitrogens with zero attached hydrogens (tertiary/aromatic N) is 7. The molecule has 1 aliphatic rings. The molecule has 3 heterocycles. The van der Waals surface area contributed by atoms with Gasteiger partial charge in [-0.1, -0.05) is 40.3 Å². The summed E-state index contributed by atoms with van der Waals surface area (Å²) in [5.74, 6) is 0.697. The molecule has 0 unspecified atom stereocenters. The molecule has 4 aromatic rings. The van der Waals surface area contributed by atoms with Crippen LogP contribution in [0.15, 0.2) is 57.2 Å². The van der Waals surface area contributed by atoms with Crippen LogP contribution in [-0.2, 0) is 5.75 Å². The molecule has 0 saturated heterocycles. The number of aliphatic imine (C=N–C) groups is 1. The number of nitrogen functional groups attached to an aromatic ring is 1. The molecule has 42 heavy (non-hydrogen) atoms. The molecule has 0 atom stereocenters. The predicted octanol–water partition coefficient (Wildman–Crippen LogP) is 3.60. The number of benzene rings is 2. The van der Waals surface area contributed by atoms with Crippen LogP contribution in [-0.4, -0.2) is 66.7 Å². The number of hydrazone groups is 1. The molecular formula is C25H22ClN9O5S2. The maximum Gasteiger partial charge on any atom is 0.343 e. The van der Waals surface area contributed by atoms with Crippen LogP contribution in [0.4, 0.5) is 5.82 Å². The van der Waals surface area contributed by atoms with E-state index < -0.39 is 11.9 Å². The Hall–Kier alpha value is -4.41. The second kappa shape index (κ2) is 13.5. The number of rotatable bonds is 10. The van der Waals surface area contributed by atoms with Crippen LogP contribution in [0.2, 0.25) is 5.02 Å². The number of hydrogen-bond donors (Lipinski definition) is 2. The van der Waals surface area contributed by atoms with Crippen molar-refractivity contribution < 1.29 is 23.7 Å². The second-order valence-electron chi connectivity index (χ2n) is 8.29. The Labute approximate surface area is 252 Å². The van der Waals surface area contributed by atoms with Gasteiger partial charge in [0, 0.05) is 16.5 Å². The van der Waals surface area contributed by atoms with E-state index in [1.54, 1.807) is 61.2 Å². The molecule has 0 fully saturated rings.